The van der Waals surface area contributed by atoms with Crippen molar-refractivity contribution in [3.63, 3.8) is 0 Å². The average molecular weight is 277 g/mol. The number of pyridine rings is 1. The topological polar surface area (TPSA) is 69.4 Å². The minimum atomic E-state index is -0.614. The summed E-state index contributed by atoms with van der Waals surface area (Å²) in [5, 5.41) is 0. The number of rotatable bonds is 5. The monoisotopic (exact) mass is 277 g/mol. The van der Waals surface area contributed by atoms with E-state index in [1.165, 1.54) is 20.3 Å². The molecule has 0 radical (unpaired) electrons. The predicted octanol–water partition coefficient (Wildman–Crippen LogP) is 1.79. The molecule has 0 aliphatic heterocycles. The lowest BCUT2D eigenvalue weighted by atomic mass is 10.0. The second-order valence-electron chi connectivity index (χ2n) is 4.08. The number of aromatic nitrogens is 1. The molecule has 0 saturated heterocycles. The van der Waals surface area contributed by atoms with E-state index < -0.39 is 11.9 Å². The molecule has 1 heterocycles. The Morgan fingerprint density at radius 3 is 2.65 bits per heavy atom. The van der Waals surface area contributed by atoms with Crippen molar-refractivity contribution in [2.24, 2.45) is 5.84 Å². The molecule has 106 valence electrons. The van der Waals surface area contributed by atoms with Crippen LogP contribution in [0.15, 0.2) is 36.5 Å². The number of halogens is 1. The zero-order valence-electron chi connectivity index (χ0n) is 11.3. The SMILES string of the molecule is COc1ccc(C(NN)c2ncccc2OC)c(F)c1. The summed E-state index contributed by atoms with van der Waals surface area (Å²) in [6.07, 6.45) is 1.60. The summed E-state index contributed by atoms with van der Waals surface area (Å²) in [6, 6.07) is 7.44. The van der Waals surface area contributed by atoms with Gasteiger partial charge in [0.05, 0.1) is 20.3 Å². The van der Waals surface area contributed by atoms with Crippen molar-refractivity contribution < 1.29 is 13.9 Å². The van der Waals surface area contributed by atoms with Crippen molar-refractivity contribution in [1.29, 1.82) is 0 Å². The molecule has 0 spiro atoms. The number of nitrogens with one attached hydrogen (secondary N) is 1. The molecule has 0 saturated carbocycles. The molecule has 3 N–H and O–H groups in total. The molecule has 0 aliphatic carbocycles. The van der Waals surface area contributed by atoms with Crippen LogP contribution in [0.2, 0.25) is 0 Å². The largest absolute Gasteiger partial charge is 0.497 e. The second kappa shape index (κ2) is 6.31. The summed E-state index contributed by atoms with van der Waals surface area (Å²) < 4.78 is 24.4. The van der Waals surface area contributed by atoms with Crippen LogP contribution in [-0.4, -0.2) is 19.2 Å². The lowest BCUT2D eigenvalue weighted by molar-refractivity contribution is 0.397. The maximum absolute atomic E-state index is 14.2. The standard InChI is InChI=1S/C14H16FN3O2/c1-19-9-5-6-10(11(15)8-9)13(18-16)14-12(20-2)4-3-7-17-14/h3-8,13,18H,16H2,1-2H3. The molecular formula is C14H16FN3O2. The van der Waals surface area contributed by atoms with Crippen molar-refractivity contribution in [3.8, 4) is 11.5 Å². The van der Waals surface area contributed by atoms with E-state index in [4.69, 9.17) is 15.3 Å². The second-order valence-corrected chi connectivity index (χ2v) is 4.08. The first kappa shape index (κ1) is 14.2. The van der Waals surface area contributed by atoms with Gasteiger partial charge in [-0.05, 0) is 18.2 Å². The van der Waals surface area contributed by atoms with Gasteiger partial charge in [-0.1, -0.05) is 6.07 Å². The molecule has 0 bridgehead atoms. The van der Waals surface area contributed by atoms with Crippen LogP contribution in [0, 0.1) is 5.82 Å². The predicted molar refractivity (Wildman–Crippen MR) is 72.9 cm³/mol. The summed E-state index contributed by atoms with van der Waals surface area (Å²) in [5.74, 6) is 6.10. The van der Waals surface area contributed by atoms with Crippen LogP contribution in [0.3, 0.4) is 0 Å². The zero-order valence-corrected chi connectivity index (χ0v) is 11.3. The molecule has 2 rings (SSSR count). The van der Waals surface area contributed by atoms with Crippen molar-refractivity contribution in [2.75, 3.05) is 14.2 Å². The van der Waals surface area contributed by atoms with Gasteiger partial charge in [0, 0.05) is 17.8 Å². The molecule has 2 aromatic rings. The summed E-state index contributed by atoms with van der Waals surface area (Å²) in [6.45, 7) is 0. The first-order valence-electron chi connectivity index (χ1n) is 5.99. The third-order valence-electron chi connectivity index (χ3n) is 2.98. The summed E-state index contributed by atoms with van der Waals surface area (Å²) in [4.78, 5) is 4.22. The summed E-state index contributed by atoms with van der Waals surface area (Å²) >= 11 is 0. The van der Waals surface area contributed by atoms with Gasteiger partial charge in [-0.3, -0.25) is 10.8 Å². The molecule has 0 fully saturated rings. The number of nitrogens with two attached hydrogens (primary N) is 1. The van der Waals surface area contributed by atoms with Gasteiger partial charge in [-0.15, -0.1) is 0 Å². The fourth-order valence-corrected chi connectivity index (χ4v) is 1.98. The molecule has 20 heavy (non-hydrogen) atoms. The Morgan fingerprint density at radius 2 is 2.05 bits per heavy atom. The van der Waals surface area contributed by atoms with Crippen LogP contribution in [0.5, 0.6) is 11.5 Å². The Bertz CT molecular complexity index is 592. The van der Waals surface area contributed by atoms with Gasteiger partial charge in [0.25, 0.3) is 0 Å². The Balaban J connectivity index is 2.47. The smallest absolute Gasteiger partial charge is 0.142 e. The van der Waals surface area contributed by atoms with E-state index in [1.807, 2.05) is 0 Å². The van der Waals surface area contributed by atoms with E-state index in [1.54, 1.807) is 30.5 Å². The Labute approximate surface area is 116 Å². The lowest BCUT2D eigenvalue weighted by Crippen LogP contribution is -2.30. The van der Waals surface area contributed by atoms with Gasteiger partial charge < -0.3 is 9.47 Å². The minimum absolute atomic E-state index is 0.366. The molecule has 0 amide bonds. The van der Waals surface area contributed by atoms with Crippen molar-refractivity contribution in [1.82, 2.24) is 10.4 Å². The van der Waals surface area contributed by atoms with Crippen molar-refractivity contribution >= 4 is 0 Å². The highest BCUT2D eigenvalue weighted by molar-refractivity contribution is 5.39. The van der Waals surface area contributed by atoms with Crippen LogP contribution in [0.1, 0.15) is 17.3 Å². The Kier molecular flexibility index (Phi) is 4.49. The van der Waals surface area contributed by atoms with Crippen molar-refractivity contribution in [3.05, 3.63) is 53.6 Å². The molecule has 1 aromatic heterocycles. The van der Waals surface area contributed by atoms with E-state index in [0.717, 1.165) is 0 Å². The van der Waals surface area contributed by atoms with E-state index >= 15 is 0 Å². The van der Waals surface area contributed by atoms with Crippen LogP contribution in [0.4, 0.5) is 4.39 Å². The highest BCUT2D eigenvalue weighted by Gasteiger charge is 2.21. The molecule has 1 atom stereocenters. The van der Waals surface area contributed by atoms with E-state index in [0.29, 0.717) is 22.8 Å². The molecule has 5 nitrogen and oxygen atoms in total. The molecular weight excluding hydrogens is 261 g/mol. The van der Waals surface area contributed by atoms with E-state index in [-0.39, 0.29) is 0 Å². The fraction of sp³-hybridized carbons (Fsp3) is 0.214. The summed E-state index contributed by atoms with van der Waals surface area (Å²) in [5.41, 5.74) is 3.45. The van der Waals surface area contributed by atoms with Crippen LogP contribution >= 0.6 is 0 Å². The molecule has 1 unspecified atom stereocenters. The maximum Gasteiger partial charge on any atom is 0.142 e. The number of nitrogens with zero attached hydrogens (tertiary/aromatic N) is 1. The van der Waals surface area contributed by atoms with Crippen LogP contribution in [0.25, 0.3) is 0 Å². The van der Waals surface area contributed by atoms with Gasteiger partial charge in [0.1, 0.15) is 23.0 Å². The highest BCUT2D eigenvalue weighted by Crippen LogP contribution is 2.30. The normalized spacial score (nSPS) is 12.0. The first-order valence-corrected chi connectivity index (χ1v) is 5.99. The number of hydrazine groups is 1. The third-order valence-corrected chi connectivity index (χ3v) is 2.98. The number of ether oxygens (including phenoxy) is 2. The number of hydrogen-bond donors (Lipinski definition) is 2. The average Bonchev–Trinajstić information content (AvgIpc) is 2.50. The van der Waals surface area contributed by atoms with Crippen molar-refractivity contribution in [2.45, 2.75) is 6.04 Å². The van der Waals surface area contributed by atoms with E-state index in [2.05, 4.69) is 10.4 Å². The molecule has 0 aliphatic rings. The Hall–Kier alpha value is -2.18. The Morgan fingerprint density at radius 1 is 1.25 bits per heavy atom. The maximum atomic E-state index is 14.2. The third kappa shape index (κ3) is 2.71. The van der Waals surface area contributed by atoms with Gasteiger partial charge in [0.2, 0.25) is 0 Å². The minimum Gasteiger partial charge on any atom is -0.497 e. The van der Waals surface area contributed by atoms with Gasteiger partial charge in [-0.25, -0.2) is 9.82 Å². The quantitative estimate of drug-likeness (QED) is 0.644. The fourth-order valence-electron chi connectivity index (χ4n) is 1.98. The highest BCUT2D eigenvalue weighted by atomic mass is 19.1. The molecule has 6 heteroatoms. The lowest BCUT2D eigenvalue weighted by Gasteiger charge is -2.19. The first-order chi connectivity index (χ1) is 9.71. The van der Waals surface area contributed by atoms with Gasteiger partial charge >= 0.3 is 0 Å². The number of benzene rings is 1. The summed E-state index contributed by atoms with van der Waals surface area (Å²) in [7, 11) is 3.01. The number of methoxy groups -OCH3 is 2. The zero-order chi connectivity index (χ0) is 14.5. The number of hydrogen-bond acceptors (Lipinski definition) is 5. The molecule has 1 aromatic carbocycles. The van der Waals surface area contributed by atoms with Gasteiger partial charge in [0.15, 0.2) is 0 Å². The van der Waals surface area contributed by atoms with E-state index in [9.17, 15) is 4.39 Å². The van der Waals surface area contributed by atoms with Crippen LogP contribution in [-0.2, 0) is 0 Å². The van der Waals surface area contributed by atoms with Gasteiger partial charge in [-0.2, -0.15) is 0 Å². The van der Waals surface area contributed by atoms with Crippen LogP contribution < -0.4 is 20.7 Å².